The highest BCUT2D eigenvalue weighted by Crippen LogP contribution is 2.46. The molecule has 0 bridgehead atoms. The number of pyridine rings is 1. The Hall–Kier alpha value is -4.37. The quantitative estimate of drug-likeness (QED) is 0.358. The topological polar surface area (TPSA) is 88.9 Å². The van der Waals surface area contributed by atoms with E-state index in [1.807, 2.05) is 66.9 Å². The number of nitrogens with one attached hydrogen (secondary N) is 1. The van der Waals surface area contributed by atoms with Crippen LogP contribution < -0.4 is 19.7 Å². The van der Waals surface area contributed by atoms with Crippen LogP contribution in [-0.4, -0.2) is 32.5 Å². The second-order valence-electron chi connectivity index (χ2n) is 9.02. The molecule has 0 amide bonds. The van der Waals surface area contributed by atoms with Gasteiger partial charge in [0.1, 0.15) is 0 Å². The van der Waals surface area contributed by atoms with Crippen LogP contribution in [0.4, 0.5) is 5.69 Å². The van der Waals surface area contributed by atoms with Gasteiger partial charge in [-0.3, -0.25) is 4.98 Å². The molecule has 4 heterocycles. The molecular formula is C28H24N4O4S. The largest absolute Gasteiger partial charge is 0.478 e. The maximum atomic E-state index is 12.0. The molecular weight excluding hydrogens is 488 g/mol. The number of aryl methyl sites for hydroxylation is 1. The maximum Gasteiger partial charge on any atom is 0.337 e. The first kappa shape index (κ1) is 23.1. The van der Waals surface area contributed by atoms with Crippen LogP contribution in [0.15, 0.2) is 72.9 Å². The van der Waals surface area contributed by atoms with Crippen molar-refractivity contribution < 1.29 is 19.4 Å². The number of carbonyl (C=O) groups is 1. The molecule has 0 saturated carbocycles. The third-order valence-electron chi connectivity index (χ3n) is 6.90. The highest BCUT2D eigenvalue weighted by molar-refractivity contribution is 7.80. The van der Waals surface area contributed by atoms with Gasteiger partial charge in [0.25, 0.3) is 0 Å². The molecule has 2 aromatic carbocycles. The number of para-hydroxylation sites is 1. The van der Waals surface area contributed by atoms with E-state index in [4.69, 9.17) is 21.7 Å². The number of aromatic carboxylic acids is 1. The number of nitrogens with zero attached hydrogens (tertiary/aromatic N) is 3. The summed E-state index contributed by atoms with van der Waals surface area (Å²) in [5.41, 5.74) is 5.44. The van der Waals surface area contributed by atoms with Gasteiger partial charge < -0.3 is 29.4 Å². The molecule has 4 aromatic rings. The highest BCUT2D eigenvalue weighted by atomic mass is 32.1. The van der Waals surface area contributed by atoms with Crippen LogP contribution in [0.5, 0.6) is 11.5 Å². The Labute approximate surface area is 219 Å². The number of anilines is 1. The van der Waals surface area contributed by atoms with Gasteiger partial charge >= 0.3 is 5.97 Å². The number of benzene rings is 2. The Bertz CT molecular complexity index is 1530. The second-order valence-corrected chi connectivity index (χ2v) is 9.41. The fraction of sp³-hybridized carbons (Fsp3) is 0.179. The zero-order chi connectivity index (χ0) is 25.7. The summed E-state index contributed by atoms with van der Waals surface area (Å²) in [6, 6.07) is 20.3. The van der Waals surface area contributed by atoms with Gasteiger partial charge in [-0.1, -0.05) is 18.2 Å². The minimum Gasteiger partial charge on any atom is -0.478 e. The van der Waals surface area contributed by atoms with Gasteiger partial charge in [0.05, 0.1) is 29.0 Å². The van der Waals surface area contributed by atoms with Gasteiger partial charge in [0, 0.05) is 29.3 Å². The molecule has 2 atom stereocenters. The van der Waals surface area contributed by atoms with E-state index in [9.17, 15) is 9.90 Å². The summed E-state index contributed by atoms with van der Waals surface area (Å²) in [4.78, 5) is 18.7. The van der Waals surface area contributed by atoms with Crippen molar-refractivity contribution in [1.29, 1.82) is 0 Å². The van der Waals surface area contributed by atoms with Crippen molar-refractivity contribution in [3.8, 4) is 17.2 Å². The SMILES string of the molecule is Cc1cc([C@H]2[C@H](c3ccccn3)NC(=S)N2c2ccc3c(c2)OCO3)c(C)n1-c1ccccc1C(=O)O. The van der Waals surface area contributed by atoms with Crippen molar-refractivity contribution >= 4 is 29.0 Å². The summed E-state index contributed by atoms with van der Waals surface area (Å²) in [5.74, 6) is 0.394. The molecule has 37 heavy (non-hydrogen) atoms. The van der Waals surface area contributed by atoms with Crippen LogP contribution in [0, 0.1) is 13.8 Å². The van der Waals surface area contributed by atoms with E-state index in [1.54, 1.807) is 18.3 Å². The Balaban J connectivity index is 1.53. The van der Waals surface area contributed by atoms with Gasteiger partial charge in [0.2, 0.25) is 6.79 Å². The number of ether oxygens (including phenoxy) is 2. The van der Waals surface area contributed by atoms with Crippen molar-refractivity contribution in [1.82, 2.24) is 14.9 Å². The Morgan fingerprint density at radius 3 is 2.62 bits per heavy atom. The molecule has 186 valence electrons. The molecule has 1 saturated heterocycles. The average Bonchev–Trinajstić information content (AvgIpc) is 3.59. The number of rotatable bonds is 5. The van der Waals surface area contributed by atoms with Crippen molar-refractivity contribution in [2.24, 2.45) is 0 Å². The molecule has 2 N–H and O–H groups in total. The molecule has 2 aliphatic rings. The molecule has 2 aromatic heterocycles. The van der Waals surface area contributed by atoms with Crippen molar-refractivity contribution in [2.45, 2.75) is 25.9 Å². The highest BCUT2D eigenvalue weighted by Gasteiger charge is 2.42. The van der Waals surface area contributed by atoms with Gasteiger partial charge in [-0.15, -0.1) is 0 Å². The van der Waals surface area contributed by atoms with Crippen LogP contribution >= 0.6 is 12.2 Å². The predicted octanol–water partition coefficient (Wildman–Crippen LogP) is 5.09. The minimum atomic E-state index is -0.971. The van der Waals surface area contributed by atoms with Crippen LogP contribution in [-0.2, 0) is 0 Å². The molecule has 9 heteroatoms. The third-order valence-corrected chi connectivity index (χ3v) is 7.21. The smallest absolute Gasteiger partial charge is 0.337 e. The first-order valence-corrected chi connectivity index (χ1v) is 12.3. The van der Waals surface area contributed by atoms with E-state index in [1.165, 1.54) is 0 Å². The lowest BCUT2D eigenvalue weighted by Crippen LogP contribution is -2.29. The average molecular weight is 513 g/mol. The van der Waals surface area contributed by atoms with E-state index < -0.39 is 5.97 Å². The summed E-state index contributed by atoms with van der Waals surface area (Å²) < 4.78 is 13.1. The monoisotopic (exact) mass is 512 g/mol. The van der Waals surface area contributed by atoms with Gasteiger partial charge in [0.15, 0.2) is 16.6 Å². The summed E-state index contributed by atoms with van der Waals surface area (Å²) in [7, 11) is 0. The predicted molar refractivity (Wildman–Crippen MR) is 143 cm³/mol. The number of hydrogen-bond donors (Lipinski definition) is 2. The number of aromatic nitrogens is 2. The standard InChI is InChI=1S/C28H24N4O4S/c1-16-13-20(17(2)31(16)22-9-4-3-7-19(22)27(33)34)26-25(21-8-5-6-12-29-21)30-28(37)32(26)18-10-11-23-24(14-18)36-15-35-23/h3-14,25-26H,15H2,1-2H3,(H,30,37)(H,33,34)/t25-,26-/m0/s1. The third kappa shape index (κ3) is 3.79. The molecule has 8 nitrogen and oxygen atoms in total. The van der Waals surface area contributed by atoms with E-state index >= 15 is 0 Å². The van der Waals surface area contributed by atoms with Gasteiger partial charge in [-0.2, -0.15) is 0 Å². The second kappa shape index (κ2) is 8.94. The first-order chi connectivity index (χ1) is 17.9. The molecule has 0 spiro atoms. The Morgan fingerprint density at radius 2 is 1.84 bits per heavy atom. The molecule has 0 unspecified atom stereocenters. The fourth-order valence-electron chi connectivity index (χ4n) is 5.29. The lowest BCUT2D eigenvalue weighted by Gasteiger charge is -2.28. The van der Waals surface area contributed by atoms with Crippen LogP contribution in [0.1, 0.15) is 45.1 Å². The fourth-order valence-corrected chi connectivity index (χ4v) is 5.64. The summed E-state index contributed by atoms with van der Waals surface area (Å²) >= 11 is 5.87. The summed E-state index contributed by atoms with van der Waals surface area (Å²) in [5, 5.41) is 13.9. The molecule has 1 fully saturated rings. The molecule has 0 radical (unpaired) electrons. The molecule has 6 rings (SSSR count). The molecule has 0 aliphatic carbocycles. The number of hydrogen-bond acceptors (Lipinski definition) is 5. The number of carboxylic acid groups (broad SMARTS) is 1. The van der Waals surface area contributed by atoms with Crippen molar-refractivity contribution in [3.05, 3.63) is 101 Å². The van der Waals surface area contributed by atoms with Crippen LogP contribution in [0.3, 0.4) is 0 Å². The first-order valence-electron chi connectivity index (χ1n) is 11.9. The zero-order valence-electron chi connectivity index (χ0n) is 20.2. The van der Waals surface area contributed by atoms with E-state index in [-0.39, 0.29) is 24.4 Å². The van der Waals surface area contributed by atoms with Crippen LogP contribution in [0.25, 0.3) is 5.69 Å². The van der Waals surface area contributed by atoms with E-state index in [0.717, 1.165) is 28.3 Å². The maximum absolute atomic E-state index is 12.0. The lowest BCUT2D eigenvalue weighted by molar-refractivity contribution is 0.0697. The Kier molecular flexibility index (Phi) is 5.57. The minimum absolute atomic E-state index is 0.186. The molecule has 2 aliphatic heterocycles. The number of thiocarbonyl (C=S) groups is 1. The van der Waals surface area contributed by atoms with Crippen molar-refractivity contribution in [3.63, 3.8) is 0 Å². The summed E-state index contributed by atoms with van der Waals surface area (Å²) in [6.07, 6.45) is 1.77. The lowest BCUT2D eigenvalue weighted by atomic mass is 9.96. The van der Waals surface area contributed by atoms with Gasteiger partial charge in [-0.05, 0) is 74.1 Å². The van der Waals surface area contributed by atoms with Crippen LogP contribution in [0.2, 0.25) is 0 Å². The van der Waals surface area contributed by atoms with E-state index in [2.05, 4.69) is 21.3 Å². The van der Waals surface area contributed by atoms with E-state index in [0.29, 0.717) is 22.3 Å². The van der Waals surface area contributed by atoms with Crippen molar-refractivity contribution in [2.75, 3.05) is 11.7 Å². The van der Waals surface area contributed by atoms with Gasteiger partial charge in [-0.25, -0.2) is 4.79 Å². The summed E-state index contributed by atoms with van der Waals surface area (Å²) in [6.45, 7) is 4.18. The number of fused-ring (bicyclic) bond motifs is 1. The number of carboxylic acids is 1. The normalized spacial score (nSPS) is 18.2. The zero-order valence-corrected chi connectivity index (χ0v) is 21.0. The Morgan fingerprint density at radius 1 is 1.05 bits per heavy atom.